The second-order valence-corrected chi connectivity index (χ2v) is 13.5. The first-order valence-corrected chi connectivity index (χ1v) is 16.7. The Bertz CT molecular complexity index is 1980. The van der Waals surface area contributed by atoms with E-state index < -0.39 is 23.6 Å². The lowest BCUT2D eigenvalue weighted by atomic mass is 9.96. The van der Waals surface area contributed by atoms with Gasteiger partial charge in [0.25, 0.3) is 23.6 Å². The lowest BCUT2D eigenvalue weighted by molar-refractivity contribution is -0.102. The van der Waals surface area contributed by atoms with Crippen molar-refractivity contribution in [3.63, 3.8) is 0 Å². The number of carbonyl (C=O) groups is 4. The van der Waals surface area contributed by atoms with E-state index in [1.807, 2.05) is 23.5 Å². The highest BCUT2D eigenvalue weighted by Gasteiger charge is 2.43. The smallest absolute Gasteiger partial charge is 0.285 e. The SMILES string of the molecule is Cn1nc(CO)c2c1C1CCC2C1.Cn1nc(CON2C(=O)c3ccccc3C2=O)c2c1C1CCC2C1.O=C1c2ccccc2C(=O)N1O. The monoisotopic (exact) mass is 664 g/mol. The summed E-state index contributed by atoms with van der Waals surface area (Å²) in [5.41, 5.74) is 8.45. The van der Waals surface area contributed by atoms with E-state index in [4.69, 9.17) is 15.2 Å². The summed E-state index contributed by atoms with van der Waals surface area (Å²) in [6.07, 6.45) is 7.55. The maximum atomic E-state index is 12.3. The van der Waals surface area contributed by atoms with Crippen LogP contribution in [-0.2, 0) is 32.1 Å². The molecule has 4 atom stereocenters. The number of aromatic nitrogens is 4. The topological polar surface area (TPSA) is 160 Å². The molecule has 0 saturated heterocycles. The van der Waals surface area contributed by atoms with Crippen molar-refractivity contribution in [1.82, 2.24) is 29.7 Å². The summed E-state index contributed by atoms with van der Waals surface area (Å²) in [6, 6.07) is 13.1. The molecule has 4 aliphatic carbocycles. The summed E-state index contributed by atoms with van der Waals surface area (Å²) in [5.74, 6) is 0.490. The fourth-order valence-electron chi connectivity index (χ4n) is 8.87. The van der Waals surface area contributed by atoms with Gasteiger partial charge in [-0.25, -0.2) is 0 Å². The number of fused-ring (bicyclic) bond motifs is 12. The van der Waals surface area contributed by atoms with Crippen molar-refractivity contribution in [2.45, 2.75) is 75.4 Å². The normalized spacial score (nSPS) is 23.3. The summed E-state index contributed by atoms with van der Waals surface area (Å²) in [6.45, 7) is 0.254. The Hall–Kier alpha value is -4.98. The lowest BCUT2D eigenvalue weighted by Crippen LogP contribution is -2.30. The van der Waals surface area contributed by atoms with Gasteiger partial charge in [0.05, 0.1) is 40.2 Å². The van der Waals surface area contributed by atoms with Gasteiger partial charge in [0, 0.05) is 48.4 Å². The number of hydrogen-bond donors (Lipinski definition) is 2. The van der Waals surface area contributed by atoms with Crippen LogP contribution in [0.25, 0.3) is 0 Å². The Morgan fingerprint density at radius 3 is 1.53 bits per heavy atom. The van der Waals surface area contributed by atoms with Crippen LogP contribution < -0.4 is 0 Å². The molecular formula is C36H36N6O7. The lowest BCUT2D eigenvalue weighted by Gasteiger charge is -2.14. The van der Waals surface area contributed by atoms with Gasteiger partial charge in [0.1, 0.15) is 6.61 Å². The van der Waals surface area contributed by atoms with Gasteiger partial charge < -0.3 is 5.11 Å². The van der Waals surface area contributed by atoms with Gasteiger partial charge in [-0.3, -0.25) is 38.6 Å². The predicted octanol–water partition coefficient (Wildman–Crippen LogP) is 4.46. The van der Waals surface area contributed by atoms with Gasteiger partial charge in [-0.1, -0.05) is 24.3 Å². The van der Waals surface area contributed by atoms with Crippen LogP contribution in [0.4, 0.5) is 0 Å². The molecule has 10 rings (SSSR count). The molecule has 0 radical (unpaired) electrons. The molecule has 2 aromatic carbocycles. The van der Waals surface area contributed by atoms with Crippen LogP contribution >= 0.6 is 0 Å². The van der Waals surface area contributed by atoms with E-state index in [1.54, 1.807) is 36.4 Å². The number of benzene rings is 2. The average Bonchev–Trinajstić information content (AvgIpc) is 4.00. The van der Waals surface area contributed by atoms with Crippen LogP contribution in [0.3, 0.4) is 0 Å². The largest absolute Gasteiger partial charge is 0.390 e. The number of imide groups is 2. The van der Waals surface area contributed by atoms with Crippen molar-refractivity contribution in [2.75, 3.05) is 0 Å². The van der Waals surface area contributed by atoms with Crippen LogP contribution in [0.5, 0.6) is 0 Å². The highest BCUT2D eigenvalue weighted by Crippen LogP contribution is 2.55. The van der Waals surface area contributed by atoms with E-state index in [2.05, 4.69) is 10.2 Å². The maximum absolute atomic E-state index is 12.3. The summed E-state index contributed by atoms with van der Waals surface area (Å²) in [7, 11) is 3.96. The molecule has 4 unspecified atom stereocenters. The van der Waals surface area contributed by atoms with Gasteiger partial charge in [-0.05, 0) is 74.6 Å². The van der Waals surface area contributed by atoms with Gasteiger partial charge >= 0.3 is 0 Å². The third-order valence-corrected chi connectivity index (χ3v) is 10.9. The number of nitrogens with zero attached hydrogens (tertiary/aromatic N) is 6. The number of amides is 4. The number of hydrogen-bond acceptors (Lipinski definition) is 9. The standard InChI is InChI=1S/C18H17N3O3.C10H14N2O.C8H5NO3/c1-20-16-11-7-6-10(8-11)15(16)14(19-20)9-24-21-17(22)12-4-2-3-5-13(12)18(21)23;1-12-10-7-3-2-6(4-7)9(10)8(5-13)11-12;10-7-5-3-1-2-4-6(5)8(11)9(7)12/h2-5,10-11H,6-9H2,1H3;6-7,13H,2-5H2,1H3;1-4,12H. The number of aliphatic hydroxyl groups is 1. The van der Waals surface area contributed by atoms with Crippen LogP contribution in [0.2, 0.25) is 0 Å². The van der Waals surface area contributed by atoms with Crippen molar-refractivity contribution in [1.29, 1.82) is 0 Å². The third-order valence-electron chi connectivity index (χ3n) is 10.9. The summed E-state index contributed by atoms with van der Waals surface area (Å²) < 4.78 is 3.92. The van der Waals surface area contributed by atoms with E-state index in [-0.39, 0.29) is 29.4 Å². The van der Waals surface area contributed by atoms with E-state index in [1.165, 1.54) is 73.2 Å². The highest BCUT2D eigenvalue weighted by atomic mass is 16.7. The zero-order valence-electron chi connectivity index (χ0n) is 27.2. The number of rotatable bonds is 4. The molecular weight excluding hydrogens is 628 g/mol. The van der Waals surface area contributed by atoms with E-state index in [0.717, 1.165) is 22.4 Å². The second kappa shape index (κ2) is 11.9. The molecule has 2 fully saturated rings. The van der Waals surface area contributed by atoms with Gasteiger partial charge in [-0.2, -0.15) is 10.2 Å². The molecule has 6 aliphatic rings. The highest BCUT2D eigenvalue weighted by molar-refractivity contribution is 6.21. The number of aliphatic hydroxyl groups excluding tert-OH is 1. The third kappa shape index (κ3) is 4.86. The number of carbonyl (C=O) groups excluding carboxylic acids is 4. The summed E-state index contributed by atoms with van der Waals surface area (Å²) >= 11 is 0. The minimum absolute atomic E-state index is 0.104. The molecule has 13 heteroatoms. The Morgan fingerprint density at radius 1 is 0.653 bits per heavy atom. The van der Waals surface area contributed by atoms with Crippen LogP contribution in [0.15, 0.2) is 48.5 Å². The first-order valence-electron chi connectivity index (χ1n) is 16.7. The minimum Gasteiger partial charge on any atom is -0.390 e. The Morgan fingerprint density at radius 2 is 1.06 bits per heavy atom. The molecule has 4 heterocycles. The molecule has 4 amide bonds. The van der Waals surface area contributed by atoms with E-state index in [0.29, 0.717) is 28.9 Å². The Kier molecular flexibility index (Phi) is 7.58. The van der Waals surface area contributed by atoms with Gasteiger partial charge in [0.2, 0.25) is 0 Å². The van der Waals surface area contributed by atoms with Crippen molar-refractivity contribution in [3.8, 4) is 0 Å². The fourth-order valence-corrected chi connectivity index (χ4v) is 8.87. The molecule has 2 saturated carbocycles. The van der Waals surface area contributed by atoms with Crippen molar-refractivity contribution >= 4 is 23.6 Å². The van der Waals surface area contributed by atoms with Crippen molar-refractivity contribution < 1.29 is 34.3 Å². The maximum Gasteiger partial charge on any atom is 0.285 e. The van der Waals surface area contributed by atoms with Gasteiger partial charge in [-0.15, -0.1) is 10.1 Å². The quantitative estimate of drug-likeness (QED) is 0.237. The summed E-state index contributed by atoms with van der Waals surface area (Å²) in [5, 5.41) is 28.0. The van der Waals surface area contributed by atoms with Crippen molar-refractivity contribution in [3.05, 3.63) is 105 Å². The zero-order valence-corrected chi connectivity index (χ0v) is 27.2. The number of hydroxylamine groups is 4. The van der Waals surface area contributed by atoms with Gasteiger partial charge in [0.15, 0.2) is 0 Å². The molecule has 2 N–H and O–H groups in total. The molecule has 49 heavy (non-hydrogen) atoms. The molecule has 2 aliphatic heterocycles. The predicted molar refractivity (Wildman–Crippen MR) is 171 cm³/mol. The zero-order chi connectivity index (χ0) is 34.1. The van der Waals surface area contributed by atoms with Crippen molar-refractivity contribution in [2.24, 2.45) is 14.1 Å². The molecule has 0 spiro atoms. The summed E-state index contributed by atoms with van der Waals surface area (Å²) in [4.78, 5) is 52.4. The first kappa shape index (κ1) is 31.3. The molecule has 13 nitrogen and oxygen atoms in total. The average molecular weight is 665 g/mol. The minimum atomic E-state index is -0.657. The Balaban J connectivity index is 0.000000117. The Labute approximate surface area is 281 Å². The molecule has 252 valence electrons. The second-order valence-electron chi connectivity index (χ2n) is 13.5. The van der Waals surface area contributed by atoms with Crippen LogP contribution in [0.1, 0.15) is 138 Å². The molecule has 2 aromatic heterocycles. The molecule has 4 bridgehead atoms. The van der Waals surface area contributed by atoms with Crippen LogP contribution in [0, 0.1) is 0 Å². The van der Waals surface area contributed by atoms with E-state index >= 15 is 0 Å². The van der Waals surface area contributed by atoms with Crippen LogP contribution in [-0.4, -0.2) is 63.6 Å². The number of aryl methyl sites for hydroxylation is 2. The van der Waals surface area contributed by atoms with E-state index in [9.17, 15) is 19.2 Å². The molecule has 4 aromatic rings. The fraction of sp³-hybridized carbons (Fsp3) is 0.389. The first-order chi connectivity index (χ1) is 23.7.